The Bertz CT molecular complexity index is 1090. The van der Waals surface area contributed by atoms with E-state index in [1.807, 2.05) is 36.4 Å². The zero-order valence-corrected chi connectivity index (χ0v) is 18.5. The third-order valence-electron chi connectivity index (χ3n) is 5.75. The molecule has 0 saturated carbocycles. The van der Waals surface area contributed by atoms with Gasteiger partial charge in [-0.25, -0.2) is 0 Å². The maximum atomic E-state index is 13.2. The molecular formula is C25H24ClN3O3. The van der Waals surface area contributed by atoms with E-state index >= 15 is 0 Å². The van der Waals surface area contributed by atoms with E-state index in [4.69, 9.17) is 16.3 Å². The van der Waals surface area contributed by atoms with Crippen LogP contribution in [0.4, 0.5) is 0 Å². The lowest BCUT2D eigenvalue weighted by Crippen LogP contribution is -2.35. The number of hydrogen-bond donors (Lipinski definition) is 1. The molecule has 2 atom stereocenters. The van der Waals surface area contributed by atoms with Gasteiger partial charge in [0.2, 0.25) is 5.91 Å². The molecule has 0 spiro atoms. The average Bonchev–Trinajstić information content (AvgIpc) is 3.29. The molecule has 32 heavy (non-hydrogen) atoms. The molecule has 3 aromatic rings. The highest BCUT2D eigenvalue weighted by Gasteiger charge is 2.40. The molecule has 7 heteroatoms. The van der Waals surface area contributed by atoms with Crippen molar-refractivity contribution in [2.75, 3.05) is 20.2 Å². The number of halogens is 1. The molecule has 2 heterocycles. The Kier molecular flexibility index (Phi) is 6.71. The van der Waals surface area contributed by atoms with Crippen LogP contribution in [-0.2, 0) is 11.3 Å². The zero-order valence-electron chi connectivity index (χ0n) is 17.7. The Morgan fingerprint density at radius 1 is 1.12 bits per heavy atom. The molecule has 164 valence electrons. The van der Waals surface area contributed by atoms with E-state index in [1.54, 1.807) is 48.7 Å². The number of carbonyl (C=O) groups is 2. The molecule has 2 amide bonds. The molecule has 1 saturated heterocycles. The van der Waals surface area contributed by atoms with Crippen LogP contribution in [0.25, 0.3) is 0 Å². The molecule has 2 aromatic carbocycles. The van der Waals surface area contributed by atoms with E-state index in [0.29, 0.717) is 30.2 Å². The lowest BCUT2D eigenvalue weighted by Gasteiger charge is -2.18. The minimum atomic E-state index is -0.380. The van der Waals surface area contributed by atoms with Crippen molar-refractivity contribution in [3.05, 3.63) is 94.8 Å². The first-order valence-corrected chi connectivity index (χ1v) is 10.8. The first-order valence-electron chi connectivity index (χ1n) is 10.4. The topological polar surface area (TPSA) is 71.5 Å². The summed E-state index contributed by atoms with van der Waals surface area (Å²) in [5.74, 6) is -0.00465. The maximum Gasteiger partial charge on any atom is 0.253 e. The fourth-order valence-electron chi connectivity index (χ4n) is 4.04. The summed E-state index contributed by atoms with van der Waals surface area (Å²) in [4.78, 5) is 32.1. The van der Waals surface area contributed by atoms with Crippen LogP contribution in [0.15, 0.2) is 73.1 Å². The SMILES string of the molecule is COc1cccc(C2CN(C(=O)c3ccc(Cl)cc3)CC2C(=O)NCc2cccnc2)c1. The van der Waals surface area contributed by atoms with E-state index < -0.39 is 0 Å². The summed E-state index contributed by atoms with van der Waals surface area (Å²) < 4.78 is 5.37. The highest BCUT2D eigenvalue weighted by atomic mass is 35.5. The number of rotatable bonds is 6. The number of likely N-dealkylation sites (tertiary alicyclic amines) is 1. The molecule has 2 unspecified atom stereocenters. The second kappa shape index (κ2) is 9.83. The van der Waals surface area contributed by atoms with Gasteiger partial charge in [-0.3, -0.25) is 14.6 Å². The monoisotopic (exact) mass is 449 g/mol. The summed E-state index contributed by atoms with van der Waals surface area (Å²) >= 11 is 5.96. The molecule has 1 aliphatic heterocycles. The Labute approximate surface area is 192 Å². The lowest BCUT2D eigenvalue weighted by molar-refractivity contribution is -0.125. The highest BCUT2D eigenvalue weighted by Crippen LogP contribution is 2.35. The second-order valence-electron chi connectivity index (χ2n) is 7.79. The summed E-state index contributed by atoms with van der Waals surface area (Å²) in [7, 11) is 1.61. The molecule has 1 aromatic heterocycles. The van der Waals surface area contributed by atoms with Crippen LogP contribution in [0.5, 0.6) is 5.75 Å². The Balaban J connectivity index is 1.56. The third-order valence-corrected chi connectivity index (χ3v) is 6.00. The number of carbonyl (C=O) groups excluding carboxylic acids is 2. The van der Waals surface area contributed by atoms with Crippen LogP contribution in [0.1, 0.15) is 27.4 Å². The third kappa shape index (κ3) is 4.92. The Morgan fingerprint density at radius 3 is 2.66 bits per heavy atom. The molecule has 4 rings (SSSR count). The number of ether oxygens (including phenoxy) is 1. The van der Waals surface area contributed by atoms with E-state index in [2.05, 4.69) is 10.3 Å². The molecular weight excluding hydrogens is 426 g/mol. The number of methoxy groups -OCH3 is 1. The molecule has 0 radical (unpaired) electrons. The van der Waals surface area contributed by atoms with Crippen molar-refractivity contribution >= 4 is 23.4 Å². The van der Waals surface area contributed by atoms with E-state index in [1.165, 1.54) is 0 Å². The smallest absolute Gasteiger partial charge is 0.253 e. The van der Waals surface area contributed by atoms with E-state index in [0.717, 1.165) is 16.9 Å². The lowest BCUT2D eigenvalue weighted by atomic mass is 9.88. The second-order valence-corrected chi connectivity index (χ2v) is 8.22. The van der Waals surface area contributed by atoms with Crippen LogP contribution >= 0.6 is 11.6 Å². The molecule has 1 fully saturated rings. The van der Waals surface area contributed by atoms with Crippen molar-refractivity contribution in [2.45, 2.75) is 12.5 Å². The van der Waals surface area contributed by atoms with Gasteiger partial charge in [0, 0.05) is 48.5 Å². The van der Waals surface area contributed by atoms with Gasteiger partial charge < -0.3 is 15.0 Å². The van der Waals surface area contributed by atoms with Crippen LogP contribution in [0.3, 0.4) is 0 Å². The Morgan fingerprint density at radius 2 is 1.94 bits per heavy atom. The van der Waals surface area contributed by atoms with Crippen molar-refractivity contribution in [3.8, 4) is 5.75 Å². The molecule has 1 aliphatic rings. The van der Waals surface area contributed by atoms with Gasteiger partial charge >= 0.3 is 0 Å². The Hall–Kier alpha value is -3.38. The summed E-state index contributed by atoms with van der Waals surface area (Å²) in [5.41, 5.74) is 2.44. The van der Waals surface area contributed by atoms with Crippen molar-refractivity contribution in [2.24, 2.45) is 5.92 Å². The quantitative estimate of drug-likeness (QED) is 0.619. The van der Waals surface area contributed by atoms with E-state index in [-0.39, 0.29) is 23.7 Å². The number of pyridine rings is 1. The van der Waals surface area contributed by atoms with Crippen LogP contribution in [0, 0.1) is 5.92 Å². The molecule has 1 N–H and O–H groups in total. The number of benzene rings is 2. The van der Waals surface area contributed by atoms with Gasteiger partial charge in [-0.1, -0.05) is 29.8 Å². The maximum absolute atomic E-state index is 13.2. The number of nitrogens with zero attached hydrogens (tertiary/aromatic N) is 2. The fraction of sp³-hybridized carbons (Fsp3) is 0.240. The minimum absolute atomic E-state index is 0.0897. The number of aromatic nitrogens is 1. The fourth-order valence-corrected chi connectivity index (χ4v) is 4.17. The van der Waals surface area contributed by atoms with Crippen molar-refractivity contribution in [1.29, 1.82) is 0 Å². The largest absolute Gasteiger partial charge is 0.497 e. The van der Waals surface area contributed by atoms with Gasteiger partial charge in [-0.05, 0) is 53.6 Å². The molecule has 6 nitrogen and oxygen atoms in total. The highest BCUT2D eigenvalue weighted by molar-refractivity contribution is 6.30. The first-order chi connectivity index (χ1) is 15.5. The van der Waals surface area contributed by atoms with Crippen LogP contribution < -0.4 is 10.1 Å². The number of hydrogen-bond acceptors (Lipinski definition) is 4. The van der Waals surface area contributed by atoms with E-state index in [9.17, 15) is 9.59 Å². The van der Waals surface area contributed by atoms with Crippen LogP contribution in [-0.4, -0.2) is 41.9 Å². The normalized spacial score (nSPS) is 17.8. The minimum Gasteiger partial charge on any atom is -0.497 e. The van der Waals surface area contributed by atoms with Gasteiger partial charge in [0.15, 0.2) is 0 Å². The van der Waals surface area contributed by atoms with Crippen molar-refractivity contribution in [3.63, 3.8) is 0 Å². The number of nitrogens with one attached hydrogen (secondary N) is 1. The summed E-state index contributed by atoms with van der Waals surface area (Å²) in [5, 5.41) is 3.58. The number of amides is 2. The predicted molar refractivity (Wildman–Crippen MR) is 123 cm³/mol. The summed E-state index contributed by atoms with van der Waals surface area (Å²) in [6, 6.07) is 18.2. The van der Waals surface area contributed by atoms with Gasteiger partial charge in [0.25, 0.3) is 5.91 Å². The standard InChI is InChI=1S/C25H24ClN3O3/c1-32-21-6-2-5-19(12-21)22-15-29(25(31)18-7-9-20(26)10-8-18)16-23(22)24(30)28-14-17-4-3-11-27-13-17/h2-13,22-23H,14-16H2,1H3,(H,28,30). The summed E-state index contributed by atoms with van der Waals surface area (Å²) in [6.07, 6.45) is 3.42. The average molecular weight is 450 g/mol. The van der Waals surface area contributed by atoms with Crippen LogP contribution in [0.2, 0.25) is 5.02 Å². The van der Waals surface area contributed by atoms with Crippen molar-refractivity contribution in [1.82, 2.24) is 15.2 Å². The summed E-state index contributed by atoms with van der Waals surface area (Å²) in [6.45, 7) is 1.17. The van der Waals surface area contributed by atoms with Gasteiger partial charge in [-0.2, -0.15) is 0 Å². The predicted octanol–water partition coefficient (Wildman–Crippen LogP) is 3.92. The van der Waals surface area contributed by atoms with Gasteiger partial charge in [-0.15, -0.1) is 0 Å². The first kappa shape index (κ1) is 21.8. The molecule has 0 bridgehead atoms. The molecule has 0 aliphatic carbocycles. The van der Waals surface area contributed by atoms with Gasteiger partial charge in [0.1, 0.15) is 5.75 Å². The zero-order chi connectivity index (χ0) is 22.5. The van der Waals surface area contributed by atoms with Crippen molar-refractivity contribution < 1.29 is 14.3 Å². The van der Waals surface area contributed by atoms with Gasteiger partial charge in [0.05, 0.1) is 13.0 Å².